The second-order valence-corrected chi connectivity index (χ2v) is 9.91. The van der Waals surface area contributed by atoms with Crippen LogP contribution in [0, 0.1) is 6.92 Å². The van der Waals surface area contributed by atoms with Crippen LogP contribution in [0.2, 0.25) is 0 Å². The molecule has 2 fully saturated rings. The van der Waals surface area contributed by atoms with Crippen LogP contribution >= 0.6 is 0 Å². The van der Waals surface area contributed by atoms with Crippen LogP contribution in [0.4, 0.5) is 11.4 Å². The molecule has 3 rings (SSSR count). The Morgan fingerprint density at radius 1 is 1.17 bits per heavy atom. The number of sulfonamides is 1. The monoisotopic (exact) mass is 373 g/mol. The first-order valence-electron chi connectivity index (χ1n) is 8.18. The van der Waals surface area contributed by atoms with Gasteiger partial charge in [0.15, 0.2) is 0 Å². The normalized spacial score (nSPS) is 21.3. The summed E-state index contributed by atoms with van der Waals surface area (Å²) in [5.41, 5.74) is 1.76. The first-order chi connectivity index (χ1) is 11.3. The molecule has 1 aliphatic heterocycles. The van der Waals surface area contributed by atoms with Gasteiger partial charge in [0.05, 0.1) is 17.1 Å². The van der Waals surface area contributed by atoms with Crippen LogP contribution in [0.15, 0.2) is 18.2 Å². The predicted molar refractivity (Wildman–Crippen MR) is 94.9 cm³/mol. The quantitative estimate of drug-likeness (QED) is 0.821. The molecule has 0 unspecified atom stereocenters. The SMILES string of the molecule is Cc1cc(NS(=O)(=O)NC2CCCC2)ccc1N1CCCS1(=O)=O. The highest BCUT2D eigenvalue weighted by molar-refractivity contribution is 7.93. The molecule has 0 amide bonds. The van der Waals surface area contributed by atoms with E-state index in [1.165, 1.54) is 4.31 Å². The highest BCUT2D eigenvalue weighted by Gasteiger charge is 2.29. The van der Waals surface area contributed by atoms with Gasteiger partial charge in [0, 0.05) is 12.6 Å². The van der Waals surface area contributed by atoms with Crippen LogP contribution in [-0.4, -0.2) is 35.2 Å². The van der Waals surface area contributed by atoms with Crippen molar-refractivity contribution in [3.63, 3.8) is 0 Å². The van der Waals surface area contributed by atoms with Crippen molar-refractivity contribution in [3.05, 3.63) is 23.8 Å². The Kier molecular flexibility index (Phi) is 4.76. The fraction of sp³-hybridized carbons (Fsp3) is 0.600. The molecule has 24 heavy (non-hydrogen) atoms. The van der Waals surface area contributed by atoms with Gasteiger partial charge >= 0.3 is 0 Å². The minimum atomic E-state index is -3.62. The van der Waals surface area contributed by atoms with Crippen LogP contribution in [0.3, 0.4) is 0 Å². The number of nitrogens with zero attached hydrogens (tertiary/aromatic N) is 1. The van der Waals surface area contributed by atoms with Crippen molar-refractivity contribution in [2.24, 2.45) is 0 Å². The Hall–Kier alpha value is -1.32. The number of benzene rings is 1. The van der Waals surface area contributed by atoms with Crippen LogP contribution in [0.5, 0.6) is 0 Å². The van der Waals surface area contributed by atoms with E-state index in [1.807, 2.05) is 0 Å². The molecular weight excluding hydrogens is 350 g/mol. The van der Waals surface area contributed by atoms with Gasteiger partial charge in [-0.15, -0.1) is 0 Å². The molecular formula is C15H23N3O4S2. The molecule has 1 saturated heterocycles. The van der Waals surface area contributed by atoms with Crippen molar-refractivity contribution in [3.8, 4) is 0 Å². The average molecular weight is 374 g/mol. The van der Waals surface area contributed by atoms with Gasteiger partial charge in [-0.25, -0.2) is 8.42 Å². The molecule has 0 atom stereocenters. The van der Waals surface area contributed by atoms with Crippen LogP contribution in [0.1, 0.15) is 37.7 Å². The van der Waals surface area contributed by atoms with Gasteiger partial charge in [0.2, 0.25) is 10.0 Å². The summed E-state index contributed by atoms with van der Waals surface area (Å²) in [6.45, 7) is 2.25. The van der Waals surface area contributed by atoms with Gasteiger partial charge in [0.1, 0.15) is 0 Å². The van der Waals surface area contributed by atoms with Gasteiger partial charge in [-0.3, -0.25) is 9.03 Å². The summed E-state index contributed by atoms with van der Waals surface area (Å²) >= 11 is 0. The lowest BCUT2D eigenvalue weighted by molar-refractivity contribution is 0.557. The lowest BCUT2D eigenvalue weighted by Crippen LogP contribution is -2.37. The zero-order valence-electron chi connectivity index (χ0n) is 13.7. The minimum absolute atomic E-state index is 0.00221. The summed E-state index contributed by atoms with van der Waals surface area (Å²) < 4.78 is 55.0. The number of nitrogens with one attached hydrogen (secondary N) is 2. The van der Waals surface area contributed by atoms with E-state index in [2.05, 4.69) is 9.44 Å². The maximum Gasteiger partial charge on any atom is 0.299 e. The second kappa shape index (κ2) is 6.53. The van der Waals surface area contributed by atoms with E-state index in [0.717, 1.165) is 31.2 Å². The van der Waals surface area contributed by atoms with E-state index in [1.54, 1.807) is 25.1 Å². The van der Waals surface area contributed by atoms with E-state index in [4.69, 9.17) is 0 Å². The Morgan fingerprint density at radius 3 is 2.46 bits per heavy atom. The third kappa shape index (κ3) is 3.84. The Bertz CT molecular complexity index is 815. The molecule has 1 saturated carbocycles. The minimum Gasteiger partial charge on any atom is -0.271 e. The molecule has 1 aromatic rings. The Morgan fingerprint density at radius 2 is 1.88 bits per heavy atom. The summed E-state index contributed by atoms with van der Waals surface area (Å²) in [6, 6.07) is 4.92. The number of hydrogen-bond acceptors (Lipinski definition) is 4. The van der Waals surface area contributed by atoms with Crippen molar-refractivity contribution in [2.45, 2.75) is 45.1 Å². The van der Waals surface area contributed by atoms with Crippen molar-refractivity contribution < 1.29 is 16.8 Å². The average Bonchev–Trinajstić information content (AvgIpc) is 3.07. The molecule has 134 valence electrons. The lowest BCUT2D eigenvalue weighted by atomic mass is 10.2. The van der Waals surface area contributed by atoms with E-state index >= 15 is 0 Å². The zero-order chi connectivity index (χ0) is 17.4. The fourth-order valence-electron chi connectivity index (χ4n) is 3.36. The van der Waals surface area contributed by atoms with Crippen molar-refractivity contribution in [1.29, 1.82) is 0 Å². The van der Waals surface area contributed by atoms with Gasteiger partial charge < -0.3 is 0 Å². The summed E-state index contributed by atoms with van der Waals surface area (Å²) in [7, 11) is -6.87. The van der Waals surface area contributed by atoms with Gasteiger partial charge in [-0.1, -0.05) is 12.8 Å². The maximum atomic E-state index is 12.2. The Labute approximate surface area is 143 Å². The zero-order valence-corrected chi connectivity index (χ0v) is 15.3. The third-order valence-corrected chi connectivity index (χ3v) is 7.50. The molecule has 0 aromatic heterocycles. The highest BCUT2D eigenvalue weighted by atomic mass is 32.2. The first-order valence-corrected chi connectivity index (χ1v) is 11.3. The van der Waals surface area contributed by atoms with Crippen molar-refractivity contribution in [1.82, 2.24) is 4.72 Å². The third-order valence-electron chi connectivity index (χ3n) is 4.49. The number of hydrogen-bond donors (Lipinski definition) is 2. The molecule has 1 aromatic carbocycles. The molecule has 7 nitrogen and oxygen atoms in total. The summed E-state index contributed by atoms with van der Waals surface area (Å²) in [6.07, 6.45) is 4.44. The van der Waals surface area contributed by atoms with Gasteiger partial charge in [-0.05, 0) is 49.9 Å². The van der Waals surface area contributed by atoms with E-state index in [-0.39, 0.29) is 11.8 Å². The van der Waals surface area contributed by atoms with Crippen LogP contribution in [0.25, 0.3) is 0 Å². The van der Waals surface area contributed by atoms with Crippen LogP contribution in [-0.2, 0) is 20.2 Å². The van der Waals surface area contributed by atoms with E-state index in [0.29, 0.717) is 24.3 Å². The predicted octanol–water partition coefficient (Wildman–Crippen LogP) is 1.72. The first kappa shape index (κ1) is 17.5. The second-order valence-electron chi connectivity index (χ2n) is 6.45. The van der Waals surface area contributed by atoms with Crippen molar-refractivity contribution >= 4 is 31.6 Å². The Balaban J connectivity index is 1.75. The molecule has 1 aliphatic carbocycles. The summed E-state index contributed by atoms with van der Waals surface area (Å²) in [5.74, 6) is 0.159. The van der Waals surface area contributed by atoms with Crippen molar-refractivity contribution in [2.75, 3.05) is 21.3 Å². The van der Waals surface area contributed by atoms with Gasteiger partial charge in [0.25, 0.3) is 10.2 Å². The van der Waals surface area contributed by atoms with Crippen LogP contribution < -0.4 is 13.7 Å². The molecule has 0 bridgehead atoms. The maximum absolute atomic E-state index is 12.2. The largest absolute Gasteiger partial charge is 0.299 e. The van der Waals surface area contributed by atoms with E-state index in [9.17, 15) is 16.8 Å². The fourth-order valence-corrected chi connectivity index (χ4v) is 6.15. The molecule has 2 aliphatic rings. The summed E-state index contributed by atoms with van der Waals surface area (Å²) in [5, 5.41) is 0. The standard InChI is InChI=1S/C15H23N3O4S2/c1-12-11-14(17-24(21,22)16-13-5-2-3-6-13)7-8-15(12)18-9-4-10-23(18,19)20/h7-8,11,13,16-17H,2-6,9-10H2,1H3. The van der Waals surface area contributed by atoms with E-state index < -0.39 is 20.2 Å². The van der Waals surface area contributed by atoms with Gasteiger partial charge in [-0.2, -0.15) is 13.1 Å². The summed E-state index contributed by atoms with van der Waals surface area (Å²) in [4.78, 5) is 0. The number of rotatable bonds is 5. The highest BCUT2D eigenvalue weighted by Crippen LogP contribution is 2.29. The lowest BCUT2D eigenvalue weighted by Gasteiger charge is -2.20. The number of anilines is 2. The molecule has 0 radical (unpaired) electrons. The molecule has 0 spiro atoms. The smallest absolute Gasteiger partial charge is 0.271 e. The topological polar surface area (TPSA) is 95.6 Å². The number of aryl methyl sites for hydroxylation is 1. The molecule has 2 N–H and O–H groups in total. The molecule has 1 heterocycles. The molecule has 9 heteroatoms.